The monoisotopic (exact) mass is 390 g/mol. The maximum Gasteiger partial charge on any atom is 0.263 e. The van der Waals surface area contributed by atoms with Crippen molar-refractivity contribution in [3.8, 4) is 0 Å². The summed E-state index contributed by atoms with van der Waals surface area (Å²) in [7, 11) is 0. The molecule has 3 aromatic rings. The molecule has 4 nitrogen and oxygen atoms in total. The fourth-order valence-corrected chi connectivity index (χ4v) is 5.18. The summed E-state index contributed by atoms with van der Waals surface area (Å²) in [6, 6.07) is 14.3. The van der Waals surface area contributed by atoms with Crippen LogP contribution in [0.4, 0.5) is 5.69 Å². The lowest BCUT2D eigenvalue weighted by atomic mass is 9.95. The molecule has 2 heterocycles. The van der Waals surface area contributed by atoms with Crippen molar-refractivity contribution in [1.82, 2.24) is 4.90 Å². The standard InChI is InChI=1S/C23H22N2O2S/c26-22(17-10-12-25(13-11-17)23(27)20-5-2-14-28-20)24-19-9-8-16-7-6-15-3-1-4-18(19)21(15)16/h1-5,8-9,14,17H,6-7,10-13H2,(H,24,26). The van der Waals surface area contributed by atoms with Gasteiger partial charge >= 0.3 is 0 Å². The average Bonchev–Trinajstić information content (AvgIpc) is 3.41. The summed E-state index contributed by atoms with van der Waals surface area (Å²) in [5.74, 6) is 0.110. The van der Waals surface area contributed by atoms with Gasteiger partial charge in [-0.3, -0.25) is 9.59 Å². The number of benzene rings is 2. The minimum atomic E-state index is -0.0459. The van der Waals surface area contributed by atoms with Crippen molar-refractivity contribution < 1.29 is 9.59 Å². The second kappa shape index (κ2) is 7.06. The van der Waals surface area contributed by atoms with E-state index < -0.39 is 0 Å². The van der Waals surface area contributed by atoms with E-state index in [1.54, 1.807) is 0 Å². The van der Waals surface area contributed by atoms with Gasteiger partial charge in [0.2, 0.25) is 5.91 Å². The molecule has 28 heavy (non-hydrogen) atoms. The molecule has 1 fully saturated rings. The van der Waals surface area contributed by atoms with Gasteiger partial charge in [0.05, 0.1) is 4.88 Å². The number of likely N-dealkylation sites (tertiary alicyclic amines) is 1. The lowest BCUT2D eigenvalue weighted by Gasteiger charge is -2.31. The van der Waals surface area contributed by atoms with Gasteiger partial charge in [0.15, 0.2) is 0 Å². The summed E-state index contributed by atoms with van der Waals surface area (Å²) in [5.41, 5.74) is 3.66. The SMILES string of the molecule is O=C(Nc1ccc2c3c(cccc13)CC2)C1CCN(C(=O)c2cccs2)CC1. The van der Waals surface area contributed by atoms with Crippen molar-refractivity contribution in [1.29, 1.82) is 0 Å². The third-order valence-corrected chi connectivity index (χ3v) is 6.88. The predicted molar refractivity (Wildman–Crippen MR) is 113 cm³/mol. The Balaban J connectivity index is 1.28. The van der Waals surface area contributed by atoms with Crippen LogP contribution in [0.5, 0.6) is 0 Å². The van der Waals surface area contributed by atoms with E-state index in [0.29, 0.717) is 25.9 Å². The number of anilines is 1. The molecule has 0 radical (unpaired) electrons. The van der Waals surface area contributed by atoms with Crippen LogP contribution >= 0.6 is 11.3 Å². The van der Waals surface area contributed by atoms with E-state index in [0.717, 1.165) is 28.8 Å². The highest BCUT2D eigenvalue weighted by Gasteiger charge is 2.28. The molecule has 1 aliphatic carbocycles. The lowest BCUT2D eigenvalue weighted by Crippen LogP contribution is -2.41. The predicted octanol–water partition coefficient (Wildman–Crippen LogP) is 4.49. The molecular formula is C23H22N2O2S. The summed E-state index contributed by atoms with van der Waals surface area (Å²) < 4.78 is 0. The van der Waals surface area contributed by atoms with Crippen molar-refractivity contribution in [2.45, 2.75) is 25.7 Å². The molecule has 0 saturated carbocycles. The van der Waals surface area contributed by atoms with Crippen LogP contribution in [0.25, 0.3) is 10.8 Å². The van der Waals surface area contributed by atoms with Gasteiger partial charge in [-0.15, -0.1) is 11.3 Å². The number of carbonyl (C=O) groups is 2. The first kappa shape index (κ1) is 17.4. The first-order valence-electron chi connectivity index (χ1n) is 9.88. The number of rotatable bonds is 3. The topological polar surface area (TPSA) is 49.4 Å². The number of aryl methyl sites for hydroxylation is 2. The van der Waals surface area contributed by atoms with E-state index in [-0.39, 0.29) is 17.7 Å². The van der Waals surface area contributed by atoms with Crippen LogP contribution in [0.2, 0.25) is 0 Å². The highest BCUT2D eigenvalue weighted by molar-refractivity contribution is 7.12. The minimum Gasteiger partial charge on any atom is -0.338 e. The van der Waals surface area contributed by atoms with Gasteiger partial charge in [0, 0.05) is 30.1 Å². The quantitative estimate of drug-likeness (QED) is 0.716. The van der Waals surface area contributed by atoms with Crippen LogP contribution in [0.15, 0.2) is 47.8 Å². The van der Waals surface area contributed by atoms with Gasteiger partial charge < -0.3 is 10.2 Å². The van der Waals surface area contributed by atoms with Gasteiger partial charge in [0.1, 0.15) is 0 Å². The first-order valence-corrected chi connectivity index (χ1v) is 10.8. The van der Waals surface area contributed by atoms with Crippen molar-refractivity contribution in [3.63, 3.8) is 0 Å². The van der Waals surface area contributed by atoms with Gasteiger partial charge in [-0.1, -0.05) is 30.3 Å². The number of nitrogens with one attached hydrogen (secondary N) is 1. The van der Waals surface area contributed by atoms with E-state index >= 15 is 0 Å². The zero-order chi connectivity index (χ0) is 19.1. The lowest BCUT2D eigenvalue weighted by molar-refractivity contribution is -0.121. The molecule has 0 spiro atoms. The summed E-state index contributed by atoms with van der Waals surface area (Å²) in [5, 5.41) is 7.55. The molecule has 0 atom stereocenters. The van der Waals surface area contributed by atoms with Crippen molar-refractivity contribution in [2.75, 3.05) is 18.4 Å². The summed E-state index contributed by atoms with van der Waals surface area (Å²) in [4.78, 5) is 28.0. The molecule has 2 aromatic carbocycles. The van der Waals surface area contributed by atoms with Gasteiger partial charge in [-0.25, -0.2) is 0 Å². The van der Waals surface area contributed by atoms with Gasteiger partial charge in [-0.2, -0.15) is 0 Å². The fraction of sp³-hybridized carbons (Fsp3) is 0.304. The van der Waals surface area contributed by atoms with E-state index in [1.165, 1.54) is 27.8 Å². The van der Waals surface area contributed by atoms with Crippen LogP contribution in [-0.2, 0) is 17.6 Å². The zero-order valence-electron chi connectivity index (χ0n) is 15.6. The van der Waals surface area contributed by atoms with Crippen molar-refractivity contribution in [2.24, 2.45) is 5.92 Å². The number of nitrogens with zero attached hydrogens (tertiary/aromatic N) is 1. The molecule has 0 bridgehead atoms. The first-order chi connectivity index (χ1) is 13.7. The molecule has 1 aliphatic heterocycles. The molecule has 1 N–H and O–H groups in total. The van der Waals surface area contributed by atoms with Crippen LogP contribution in [0, 0.1) is 5.92 Å². The molecule has 142 valence electrons. The summed E-state index contributed by atoms with van der Waals surface area (Å²) in [6.45, 7) is 1.28. The number of amides is 2. The molecule has 0 unspecified atom stereocenters. The van der Waals surface area contributed by atoms with Gasteiger partial charge in [-0.05, 0) is 59.7 Å². The molecule has 2 amide bonds. The number of piperidine rings is 1. The van der Waals surface area contributed by atoms with E-state index in [9.17, 15) is 9.59 Å². The highest BCUT2D eigenvalue weighted by atomic mass is 32.1. The number of hydrogen-bond donors (Lipinski definition) is 1. The van der Waals surface area contributed by atoms with Crippen LogP contribution in [0.3, 0.4) is 0 Å². The van der Waals surface area contributed by atoms with E-state index in [1.807, 2.05) is 28.5 Å². The number of hydrogen-bond acceptors (Lipinski definition) is 3. The smallest absolute Gasteiger partial charge is 0.263 e. The third-order valence-electron chi connectivity index (χ3n) is 6.02. The summed E-state index contributed by atoms with van der Waals surface area (Å²) in [6.07, 6.45) is 3.59. The Morgan fingerprint density at radius 1 is 0.964 bits per heavy atom. The maximum absolute atomic E-state index is 12.9. The maximum atomic E-state index is 12.9. The molecule has 2 aliphatic rings. The fourth-order valence-electron chi connectivity index (χ4n) is 4.49. The second-order valence-electron chi connectivity index (χ2n) is 7.64. The second-order valence-corrected chi connectivity index (χ2v) is 8.59. The Morgan fingerprint density at radius 3 is 2.50 bits per heavy atom. The molecule has 1 saturated heterocycles. The molecule has 5 heteroatoms. The largest absolute Gasteiger partial charge is 0.338 e. The number of carbonyl (C=O) groups excluding carboxylic acids is 2. The summed E-state index contributed by atoms with van der Waals surface area (Å²) >= 11 is 1.47. The normalized spacial score (nSPS) is 16.5. The third kappa shape index (κ3) is 3.00. The Hall–Kier alpha value is -2.66. The highest BCUT2D eigenvalue weighted by Crippen LogP contribution is 2.35. The van der Waals surface area contributed by atoms with E-state index in [2.05, 4.69) is 29.6 Å². The van der Waals surface area contributed by atoms with Crippen molar-refractivity contribution in [3.05, 3.63) is 63.8 Å². The minimum absolute atomic E-state index is 0.0459. The molecular weight excluding hydrogens is 368 g/mol. The molecule has 1 aromatic heterocycles. The zero-order valence-corrected chi connectivity index (χ0v) is 16.4. The van der Waals surface area contributed by atoms with Crippen LogP contribution in [-0.4, -0.2) is 29.8 Å². The Morgan fingerprint density at radius 2 is 1.75 bits per heavy atom. The average molecular weight is 391 g/mol. The van der Waals surface area contributed by atoms with Crippen LogP contribution in [0.1, 0.15) is 33.6 Å². The van der Waals surface area contributed by atoms with E-state index in [4.69, 9.17) is 0 Å². The van der Waals surface area contributed by atoms with Crippen molar-refractivity contribution >= 4 is 39.6 Å². The Bertz CT molecular complexity index is 1040. The van der Waals surface area contributed by atoms with Crippen LogP contribution < -0.4 is 5.32 Å². The Labute approximate surface area is 168 Å². The number of thiophene rings is 1. The molecule has 5 rings (SSSR count). The Kier molecular flexibility index (Phi) is 4.40. The van der Waals surface area contributed by atoms with Gasteiger partial charge in [0.25, 0.3) is 5.91 Å².